The molecule has 0 spiro atoms. The number of nitrogens with zero attached hydrogens (tertiary/aromatic N) is 3. The van der Waals surface area contributed by atoms with Gasteiger partial charge in [-0.3, -0.25) is 5.10 Å². The molecule has 0 bridgehead atoms. The van der Waals surface area contributed by atoms with Crippen molar-refractivity contribution in [3.63, 3.8) is 0 Å². The first kappa shape index (κ1) is 12.7. The molecule has 102 valence electrons. The number of nitrogens with two attached hydrogens (primary N) is 1. The average Bonchev–Trinajstić information content (AvgIpc) is 3.07. The van der Waals surface area contributed by atoms with Crippen molar-refractivity contribution < 1.29 is 0 Å². The molecule has 0 aliphatic heterocycles. The third-order valence-electron chi connectivity index (χ3n) is 4.18. The number of aryl methyl sites for hydroxylation is 2. The van der Waals surface area contributed by atoms with Crippen molar-refractivity contribution in [2.24, 2.45) is 0 Å². The fourth-order valence-corrected chi connectivity index (χ4v) is 2.58. The molecule has 2 aromatic heterocycles. The lowest BCUT2D eigenvalue weighted by Gasteiger charge is -2.13. The van der Waals surface area contributed by atoms with E-state index in [0.29, 0.717) is 11.4 Å². The molecule has 0 radical (unpaired) electrons. The van der Waals surface area contributed by atoms with Crippen LogP contribution in [0.4, 0.5) is 5.82 Å². The van der Waals surface area contributed by atoms with Crippen molar-refractivity contribution >= 4 is 5.82 Å². The van der Waals surface area contributed by atoms with Gasteiger partial charge in [0.05, 0.1) is 5.69 Å². The molecule has 0 atom stereocenters. The van der Waals surface area contributed by atoms with Gasteiger partial charge in [0.2, 0.25) is 0 Å². The number of aromatic nitrogens is 3. The van der Waals surface area contributed by atoms with E-state index < -0.39 is 0 Å². The lowest BCUT2D eigenvalue weighted by atomic mass is 9.95. The largest absolute Gasteiger partial charge is 0.383 e. The van der Waals surface area contributed by atoms with Crippen LogP contribution in [0.2, 0.25) is 0 Å². The molecule has 0 saturated heterocycles. The Morgan fingerprint density at radius 3 is 2.60 bits per heavy atom. The number of rotatable bonds is 2. The molecule has 0 amide bonds. The molecule has 3 N–H and O–H groups in total. The standard InChI is InChI=1S/C15H17N5/c1-8-13(9(2)20-19-8)10-6-12(15(3)4-5-15)18-14(17)11(10)7-16/h6H,4-5H2,1-3H3,(H2,17,18)(H,19,20). The van der Waals surface area contributed by atoms with Gasteiger partial charge >= 0.3 is 0 Å². The van der Waals surface area contributed by atoms with Crippen LogP contribution in [0.3, 0.4) is 0 Å². The number of nitrogen functional groups attached to an aromatic ring is 1. The summed E-state index contributed by atoms with van der Waals surface area (Å²) in [5, 5.41) is 16.6. The molecule has 1 aliphatic carbocycles. The predicted octanol–water partition coefficient (Wildman–Crippen LogP) is 2.59. The second kappa shape index (κ2) is 4.07. The Hall–Kier alpha value is -2.35. The van der Waals surface area contributed by atoms with Crippen molar-refractivity contribution in [3.05, 3.63) is 28.7 Å². The molecule has 0 aromatic carbocycles. The molecule has 1 saturated carbocycles. The van der Waals surface area contributed by atoms with E-state index in [9.17, 15) is 5.26 Å². The summed E-state index contributed by atoms with van der Waals surface area (Å²) in [5.74, 6) is 0.313. The molecule has 1 aliphatic rings. The minimum Gasteiger partial charge on any atom is -0.383 e. The summed E-state index contributed by atoms with van der Waals surface area (Å²) >= 11 is 0. The summed E-state index contributed by atoms with van der Waals surface area (Å²) in [4.78, 5) is 4.43. The average molecular weight is 267 g/mol. The van der Waals surface area contributed by atoms with Crippen LogP contribution in [0.25, 0.3) is 11.1 Å². The first-order valence-corrected chi connectivity index (χ1v) is 6.69. The summed E-state index contributed by atoms with van der Waals surface area (Å²) in [6.07, 6.45) is 2.24. The van der Waals surface area contributed by atoms with E-state index in [1.165, 1.54) is 0 Å². The molecular weight excluding hydrogens is 250 g/mol. The van der Waals surface area contributed by atoms with Crippen LogP contribution in [-0.2, 0) is 5.41 Å². The Morgan fingerprint density at radius 1 is 1.40 bits per heavy atom. The highest BCUT2D eigenvalue weighted by atomic mass is 15.1. The van der Waals surface area contributed by atoms with E-state index in [1.807, 2.05) is 19.9 Å². The van der Waals surface area contributed by atoms with Crippen molar-refractivity contribution in [2.75, 3.05) is 5.73 Å². The second-order valence-corrected chi connectivity index (χ2v) is 5.80. The zero-order valence-electron chi connectivity index (χ0n) is 11.9. The van der Waals surface area contributed by atoms with Gasteiger partial charge in [-0.25, -0.2) is 4.98 Å². The highest BCUT2D eigenvalue weighted by molar-refractivity contribution is 5.78. The van der Waals surface area contributed by atoms with E-state index in [4.69, 9.17) is 5.73 Å². The van der Waals surface area contributed by atoms with Crippen LogP contribution < -0.4 is 5.73 Å². The summed E-state index contributed by atoms with van der Waals surface area (Å²) in [7, 11) is 0. The van der Waals surface area contributed by atoms with Crippen molar-refractivity contribution in [2.45, 2.75) is 39.0 Å². The van der Waals surface area contributed by atoms with Crippen molar-refractivity contribution in [1.82, 2.24) is 15.2 Å². The van der Waals surface area contributed by atoms with Crippen LogP contribution >= 0.6 is 0 Å². The highest BCUT2D eigenvalue weighted by Crippen LogP contribution is 2.48. The minimum absolute atomic E-state index is 0.113. The van der Waals surface area contributed by atoms with Gasteiger partial charge in [-0.1, -0.05) is 6.92 Å². The fraction of sp³-hybridized carbons (Fsp3) is 0.400. The van der Waals surface area contributed by atoms with E-state index in [-0.39, 0.29) is 5.41 Å². The monoisotopic (exact) mass is 267 g/mol. The topological polar surface area (TPSA) is 91.4 Å². The maximum atomic E-state index is 9.39. The molecule has 3 rings (SSSR count). The number of hydrogen-bond donors (Lipinski definition) is 2. The smallest absolute Gasteiger partial charge is 0.142 e. The van der Waals surface area contributed by atoms with Gasteiger partial charge in [-0.2, -0.15) is 10.4 Å². The Balaban J connectivity index is 2.29. The van der Waals surface area contributed by atoms with Crippen LogP contribution in [0.15, 0.2) is 6.07 Å². The Labute approximate surface area is 117 Å². The van der Waals surface area contributed by atoms with Crippen LogP contribution in [0.1, 0.15) is 42.4 Å². The van der Waals surface area contributed by atoms with Crippen molar-refractivity contribution in [3.8, 4) is 17.2 Å². The number of nitriles is 1. The number of anilines is 1. The maximum Gasteiger partial charge on any atom is 0.142 e. The third kappa shape index (κ3) is 1.76. The van der Waals surface area contributed by atoms with E-state index in [1.54, 1.807) is 0 Å². The zero-order valence-corrected chi connectivity index (χ0v) is 11.9. The molecule has 20 heavy (non-hydrogen) atoms. The fourth-order valence-electron chi connectivity index (χ4n) is 2.58. The lowest BCUT2D eigenvalue weighted by molar-refractivity contribution is 0.752. The van der Waals surface area contributed by atoms with Crippen LogP contribution in [0.5, 0.6) is 0 Å². The predicted molar refractivity (Wildman–Crippen MR) is 77.0 cm³/mol. The van der Waals surface area contributed by atoms with Gasteiger partial charge in [-0.05, 0) is 32.8 Å². The number of nitrogens with one attached hydrogen (secondary N) is 1. The molecule has 1 fully saturated rings. The number of H-pyrrole nitrogens is 1. The SMILES string of the molecule is Cc1n[nH]c(C)c1-c1cc(C2(C)CC2)nc(N)c1C#N. The lowest BCUT2D eigenvalue weighted by Crippen LogP contribution is -2.08. The number of hydrogen-bond acceptors (Lipinski definition) is 4. The quantitative estimate of drug-likeness (QED) is 0.874. The Morgan fingerprint density at radius 2 is 2.10 bits per heavy atom. The van der Waals surface area contributed by atoms with Crippen LogP contribution in [-0.4, -0.2) is 15.2 Å². The Bertz CT molecular complexity index is 712. The van der Waals surface area contributed by atoms with Crippen LogP contribution in [0, 0.1) is 25.2 Å². The van der Waals surface area contributed by atoms with E-state index >= 15 is 0 Å². The van der Waals surface area contributed by atoms with Gasteiger partial charge in [0.1, 0.15) is 17.5 Å². The maximum absolute atomic E-state index is 9.39. The minimum atomic E-state index is 0.113. The number of aromatic amines is 1. The molecular formula is C15H17N5. The normalized spacial score (nSPS) is 15.9. The third-order valence-corrected chi connectivity index (χ3v) is 4.18. The number of pyridine rings is 1. The summed E-state index contributed by atoms with van der Waals surface area (Å²) in [6, 6.07) is 4.18. The second-order valence-electron chi connectivity index (χ2n) is 5.80. The van der Waals surface area contributed by atoms with E-state index in [0.717, 1.165) is 41.1 Å². The van der Waals surface area contributed by atoms with E-state index in [2.05, 4.69) is 28.2 Å². The van der Waals surface area contributed by atoms with Gasteiger partial charge in [0.15, 0.2) is 0 Å². The Kier molecular flexibility index (Phi) is 2.58. The molecule has 2 aromatic rings. The molecule has 0 unspecified atom stereocenters. The molecule has 2 heterocycles. The summed E-state index contributed by atoms with van der Waals surface area (Å²) in [6.45, 7) is 6.06. The first-order valence-electron chi connectivity index (χ1n) is 6.69. The zero-order chi connectivity index (χ0) is 14.5. The van der Waals surface area contributed by atoms with Gasteiger partial charge in [0, 0.05) is 27.9 Å². The molecule has 5 nitrogen and oxygen atoms in total. The van der Waals surface area contributed by atoms with Gasteiger partial charge < -0.3 is 5.73 Å². The van der Waals surface area contributed by atoms with Gasteiger partial charge in [0.25, 0.3) is 0 Å². The van der Waals surface area contributed by atoms with Crippen molar-refractivity contribution in [1.29, 1.82) is 5.26 Å². The summed E-state index contributed by atoms with van der Waals surface area (Å²) < 4.78 is 0. The summed E-state index contributed by atoms with van der Waals surface area (Å²) in [5.41, 5.74) is 11.1. The highest BCUT2D eigenvalue weighted by Gasteiger charge is 2.41. The first-order chi connectivity index (χ1) is 9.46. The molecule has 5 heteroatoms. The van der Waals surface area contributed by atoms with Gasteiger partial charge in [-0.15, -0.1) is 0 Å².